The number of benzene rings is 2. The van der Waals surface area contributed by atoms with Gasteiger partial charge in [-0.3, -0.25) is 9.59 Å². The fourth-order valence-electron chi connectivity index (χ4n) is 2.84. The molecular formula is C22H20Br2N2O2. The Kier molecular flexibility index (Phi) is 7.23. The van der Waals surface area contributed by atoms with E-state index < -0.39 is 0 Å². The number of hydrogen-bond donors (Lipinski definition) is 0. The fourth-order valence-corrected chi connectivity index (χ4v) is 3.37. The van der Waals surface area contributed by atoms with Crippen molar-refractivity contribution in [3.8, 4) is 0 Å². The van der Waals surface area contributed by atoms with Gasteiger partial charge >= 0.3 is 0 Å². The smallest absolute Gasteiger partial charge is 0.246 e. The molecule has 6 heteroatoms. The first kappa shape index (κ1) is 20.6. The largest absolute Gasteiger partial charge is 0.336 e. The first-order chi connectivity index (χ1) is 13.5. The summed E-state index contributed by atoms with van der Waals surface area (Å²) in [5.41, 5.74) is 1.95. The van der Waals surface area contributed by atoms with Gasteiger partial charge in [-0.25, -0.2) is 0 Å². The molecule has 0 saturated carbocycles. The minimum atomic E-state index is -0.0274. The van der Waals surface area contributed by atoms with Crippen LogP contribution in [0.1, 0.15) is 11.1 Å². The van der Waals surface area contributed by atoms with Crippen LogP contribution in [0.3, 0.4) is 0 Å². The second kappa shape index (κ2) is 9.85. The fraction of sp³-hybridized carbons (Fsp3) is 0.182. The molecule has 0 aromatic heterocycles. The maximum Gasteiger partial charge on any atom is 0.246 e. The lowest BCUT2D eigenvalue weighted by atomic mass is 10.2. The Morgan fingerprint density at radius 1 is 0.643 bits per heavy atom. The molecule has 1 fully saturated rings. The van der Waals surface area contributed by atoms with Gasteiger partial charge in [-0.2, -0.15) is 0 Å². The molecule has 0 bridgehead atoms. The zero-order chi connectivity index (χ0) is 19.9. The lowest BCUT2D eigenvalue weighted by Gasteiger charge is -2.33. The summed E-state index contributed by atoms with van der Waals surface area (Å²) in [6.07, 6.45) is 6.81. The lowest BCUT2D eigenvalue weighted by Crippen LogP contribution is -2.49. The normalized spacial score (nSPS) is 14.8. The summed E-state index contributed by atoms with van der Waals surface area (Å²) in [4.78, 5) is 28.3. The molecule has 0 aliphatic carbocycles. The Bertz CT molecular complexity index is 806. The van der Waals surface area contributed by atoms with E-state index in [-0.39, 0.29) is 11.8 Å². The molecule has 4 nitrogen and oxygen atoms in total. The number of carbonyl (C=O) groups is 2. The van der Waals surface area contributed by atoms with Crippen molar-refractivity contribution in [2.75, 3.05) is 26.2 Å². The second-order valence-corrected chi connectivity index (χ2v) is 8.25. The van der Waals surface area contributed by atoms with Gasteiger partial charge in [0.25, 0.3) is 0 Å². The van der Waals surface area contributed by atoms with E-state index in [4.69, 9.17) is 0 Å². The molecule has 3 rings (SSSR count). The summed E-state index contributed by atoms with van der Waals surface area (Å²) in [6.45, 7) is 2.17. The van der Waals surface area contributed by atoms with Crippen LogP contribution in [0, 0.1) is 0 Å². The predicted octanol–water partition coefficient (Wildman–Crippen LogP) is 4.61. The third-order valence-corrected chi connectivity index (χ3v) is 5.54. The van der Waals surface area contributed by atoms with Crippen molar-refractivity contribution < 1.29 is 9.59 Å². The zero-order valence-electron chi connectivity index (χ0n) is 15.2. The minimum absolute atomic E-state index is 0.0274. The summed E-state index contributed by atoms with van der Waals surface area (Å²) < 4.78 is 2.01. The predicted molar refractivity (Wildman–Crippen MR) is 120 cm³/mol. The molecule has 0 radical (unpaired) electrons. The van der Waals surface area contributed by atoms with Crippen LogP contribution >= 0.6 is 31.9 Å². The molecule has 1 heterocycles. The first-order valence-corrected chi connectivity index (χ1v) is 10.5. The summed E-state index contributed by atoms with van der Waals surface area (Å²) in [6, 6.07) is 15.5. The molecule has 0 spiro atoms. The lowest BCUT2D eigenvalue weighted by molar-refractivity contribution is -0.133. The SMILES string of the molecule is O=C(/C=C/c1ccc(Br)cc1)N1CCN(C(=O)/C=C/c2ccc(Br)cc2)CC1. The zero-order valence-corrected chi connectivity index (χ0v) is 18.4. The van der Waals surface area contributed by atoms with Gasteiger partial charge in [0.15, 0.2) is 0 Å². The van der Waals surface area contributed by atoms with E-state index in [1.54, 1.807) is 22.0 Å². The van der Waals surface area contributed by atoms with Gasteiger partial charge in [0, 0.05) is 47.3 Å². The summed E-state index contributed by atoms with van der Waals surface area (Å²) in [5, 5.41) is 0. The van der Waals surface area contributed by atoms with Gasteiger partial charge in [0.2, 0.25) is 11.8 Å². The number of hydrogen-bond acceptors (Lipinski definition) is 2. The number of rotatable bonds is 4. The Balaban J connectivity index is 1.49. The Morgan fingerprint density at radius 2 is 0.964 bits per heavy atom. The highest BCUT2D eigenvalue weighted by molar-refractivity contribution is 9.10. The highest BCUT2D eigenvalue weighted by Gasteiger charge is 2.21. The highest BCUT2D eigenvalue weighted by atomic mass is 79.9. The number of halogens is 2. The summed E-state index contributed by atoms with van der Waals surface area (Å²) in [7, 11) is 0. The standard InChI is InChI=1S/C22H20Br2N2O2/c23-19-7-1-17(2-8-19)5-11-21(27)25-13-15-26(16-14-25)22(28)12-6-18-3-9-20(24)10-4-18/h1-12H,13-16H2/b11-5+,12-6+. The third kappa shape index (κ3) is 5.91. The topological polar surface area (TPSA) is 40.6 Å². The van der Waals surface area contributed by atoms with Crippen LogP contribution in [0.4, 0.5) is 0 Å². The van der Waals surface area contributed by atoms with E-state index in [0.717, 1.165) is 20.1 Å². The van der Waals surface area contributed by atoms with Crippen molar-refractivity contribution in [3.63, 3.8) is 0 Å². The highest BCUT2D eigenvalue weighted by Crippen LogP contribution is 2.13. The molecule has 1 saturated heterocycles. The second-order valence-electron chi connectivity index (χ2n) is 6.42. The van der Waals surface area contributed by atoms with Crippen molar-refractivity contribution in [1.82, 2.24) is 9.80 Å². The Labute approximate surface area is 181 Å². The molecule has 2 aromatic carbocycles. The number of nitrogens with zero attached hydrogens (tertiary/aromatic N) is 2. The minimum Gasteiger partial charge on any atom is -0.336 e. The van der Waals surface area contributed by atoms with Gasteiger partial charge in [-0.15, -0.1) is 0 Å². The van der Waals surface area contributed by atoms with E-state index in [2.05, 4.69) is 31.9 Å². The van der Waals surface area contributed by atoms with Crippen molar-refractivity contribution >= 4 is 55.8 Å². The Hall–Kier alpha value is -2.18. The van der Waals surface area contributed by atoms with Crippen LogP contribution in [-0.4, -0.2) is 47.8 Å². The quantitative estimate of drug-likeness (QED) is 0.571. The van der Waals surface area contributed by atoms with Gasteiger partial charge in [-0.1, -0.05) is 56.1 Å². The molecule has 2 aromatic rings. The molecular weight excluding hydrogens is 484 g/mol. The van der Waals surface area contributed by atoms with Gasteiger partial charge in [-0.05, 0) is 47.5 Å². The van der Waals surface area contributed by atoms with Crippen molar-refractivity contribution in [3.05, 3.63) is 80.8 Å². The van der Waals surface area contributed by atoms with E-state index in [1.165, 1.54) is 0 Å². The van der Waals surface area contributed by atoms with Crippen LogP contribution in [0.5, 0.6) is 0 Å². The van der Waals surface area contributed by atoms with Crippen molar-refractivity contribution in [2.24, 2.45) is 0 Å². The van der Waals surface area contributed by atoms with Gasteiger partial charge < -0.3 is 9.80 Å². The maximum atomic E-state index is 12.4. The van der Waals surface area contributed by atoms with Crippen LogP contribution in [-0.2, 0) is 9.59 Å². The maximum absolute atomic E-state index is 12.4. The van der Waals surface area contributed by atoms with Crippen molar-refractivity contribution in [1.29, 1.82) is 0 Å². The molecule has 144 valence electrons. The molecule has 1 aliphatic rings. The van der Waals surface area contributed by atoms with E-state index >= 15 is 0 Å². The Morgan fingerprint density at radius 3 is 1.29 bits per heavy atom. The molecule has 1 aliphatic heterocycles. The summed E-state index contributed by atoms with van der Waals surface area (Å²) in [5.74, 6) is -0.0548. The molecule has 0 N–H and O–H groups in total. The van der Waals surface area contributed by atoms with Crippen molar-refractivity contribution in [2.45, 2.75) is 0 Å². The van der Waals surface area contributed by atoms with Crippen LogP contribution < -0.4 is 0 Å². The number of piperazine rings is 1. The van der Waals surface area contributed by atoms with Crippen LogP contribution in [0.25, 0.3) is 12.2 Å². The average Bonchev–Trinajstić information content (AvgIpc) is 2.72. The van der Waals surface area contributed by atoms with Crippen LogP contribution in [0.2, 0.25) is 0 Å². The third-order valence-electron chi connectivity index (χ3n) is 4.48. The van der Waals surface area contributed by atoms with E-state index in [0.29, 0.717) is 26.2 Å². The monoisotopic (exact) mass is 502 g/mol. The average molecular weight is 504 g/mol. The number of amides is 2. The molecule has 28 heavy (non-hydrogen) atoms. The van der Waals surface area contributed by atoms with E-state index in [9.17, 15) is 9.59 Å². The molecule has 2 amide bonds. The molecule has 0 atom stereocenters. The summed E-state index contributed by atoms with van der Waals surface area (Å²) >= 11 is 6.79. The molecule has 0 unspecified atom stereocenters. The first-order valence-electron chi connectivity index (χ1n) is 8.96. The van der Waals surface area contributed by atoms with E-state index in [1.807, 2.05) is 60.7 Å². The van der Waals surface area contributed by atoms with Gasteiger partial charge in [0.05, 0.1) is 0 Å². The van der Waals surface area contributed by atoms with Crippen LogP contribution in [0.15, 0.2) is 69.6 Å². The number of carbonyl (C=O) groups excluding carboxylic acids is 2. The van der Waals surface area contributed by atoms with Gasteiger partial charge in [0.1, 0.15) is 0 Å².